The number of carbonyl (C=O) groups excluding carboxylic acids is 2. The Kier molecular flexibility index (Phi) is 5.90. The number of Topliss-reactive ketones (excluding diaryl/α,β-unsaturated/α-hetero) is 1. The number of carbonyl (C=O) groups is 2. The largest absolute Gasteiger partial charge is 0.493 e. The lowest BCUT2D eigenvalue weighted by molar-refractivity contribution is -0.131. The molecule has 160 valence electrons. The van der Waals surface area contributed by atoms with Gasteiger partial charge in [-0.1, -0.05) is 13.0 Å². The molecule has 0 radical (unpaired) electrons. The van der Waals surface area contributed by atoms with E-state index >= 15 is 0 Å². The minimum absolute atomic E-state index is 0.211. The van der Waals surface area contributed by atoms with E-state index in [9.17, 15) is 18.4 Å². The van der Waals surface area contributed by atoms with Crippen LogP contribution in [0, 0.1) is 17.6 Å². The molecule has 0 aliphatic carbocycles. The molecule has 0 spiro atoms. The van der Waals surface area contributed by atoms with Crippen molar-refractivity contribution in [3.8, 4) is 5.75 Å². The minimum atomic E-state index is -1.11. The second kappa shape index (κ2) is 8.10. The van der Waals surface area contributed by atoms with Gasteiger partial charge in [0.05, 0.1) is 12.7 Å². The summed E-state index contributed by atoms with van der Waals surface area (Å²) >= 11 is 0. The van der Waals surface area contributed by atoms with Crippen LogP contribution in [0.1, 0.15) is 49.7 Å². The number of amides is 1. The fraction of sp³-hybridized carbons (Fsp3) is 0.409. The third-order valence-electron chi connectivity index (χ3n) is 5.68. The molecule has 0 unspecified atom stereocenters. The first kappa shape index (κ1) is 21.8. The predicted molar refractivity (Wildman–Crippen MR) is 107 cm³/mol. The Balaban J connectivity index is 1.98. The first-order valence-corrected chi connectivity index (χ1v) is 9.54. The lowest BCUT2D eigenvalue weighted by Crippen LogP contribution is -2.33. The molecule has 2 heterocycles. The van der Waals surface area contributed by atoms with E-state index in [1.165, 1.54) is 32.4 Å². The topological polar surface area (TPSA) is 77.5 Å². The fourth-order valence-corrected chi connectivity index (χ4v) is 3.78. The molecule has 1 fully saturated rings. The van der Waals surface area contributed by atoms with Gasteiger partial charge >= 0.3 is 0 Å². The van der Waals surface area contributed by atoms with Crippen LogP contribution in [0.4, 0.5) is 14.5 Å². The number of nitrogens with one attached hydrogen (secondary N) is 1. The monoisotopic (exact) mass is 418 g/mol. The summed E-state index contributed by atoms with van der Waals surface area (Å²) in [4.78, 5) is 28.6. The Morgan fingerprint density at radius 3 is 2.57 bits per heavy atom. The van der Waals surface area contributed by atoms with Crippen LogP contribution in [0.5, 0.6) is 5.75 Å². The summed E-state index contributed by atoms with van der Waals surface area (Å²) in [6.45, 7) is 6.94. The number of pyridine rings is 1. The van der Waals surface area contributed by atoms with Crippen molar-refractivity contribution in [3.63, 3.8) is 0 Å². The third-order valence-corrected chi connectivity index (χ3v) is 5.68. The van der Waals surface area contributed by atoms with Crippen molar-refractivity contribution in [3.05, 3.63) is 53.4 Å². The number of benzene rings is 1. The van der Waals surface area contributed by atoms with Crippen molar-refractivity contribution in [2.75, 3.05) is 12.4 Å². The van der Waals surface area contributed by atoms with Gasteiger partial charge < -0.3 is 14.8 Å². The van der Waals surface area contributed by atoms with Gasteiger partial charge in [-0.05, 0) is 38.0 Å². The molecule has 1 N–H and O–H groups in total. The number of aromatic nitrogens is 1. The molecule has 8 heteroatoms. The highest BCUT2D eigenvalue weighted by Crippen LogP contribution is 2.49. The van der Waals surface area contributed by atoms with Gasteiger partial charge in [-0.2, -0.15) is 4.39 Å². The van der Waals surface area contributed by atoms with Crippen molar-refractivity contribution in [2.45, 2.75) is 45.3 Å². The number of anilines is 1. The molecule has 2 aromatic rings. The zero-order valence-electron chi connectivity index (χ0n) is 17.5. The van der Waals surface area contributed by atoms with Crippen molar-refractivity contribution < 1.29 is 27.8 Å². The molecule has 3 rings (SSSR count). The van der Waals surface area contributed by atoms with Crippen molar-refractivity contribution >= 4 is 17.4 Å². The first-order chi connectivity index (χ1) is 14.1. The van der Waals surface area contributed by atoms with Crippen LogP contribution in [0.2, 0.25) is 0 Å². The predicted octanol–water partition coefficient (Wildman–Crippen LogP) is 4.11. The molecule has 1 aromatic carbocycles. The SMILES string of the molecule is COc1c([C@@H]2[C@@H](C)C(C)(C)O[C@H]2C(=O)Nc2ccnc(C(C)=O)c2)ccc(F)c1F. The molecule has 1 amide bonds. The van der Waals surface area contributed by atoms with E-state index in [0.29, 0.717) is 11.3 Å². The smallest absolute Gasteiger partial charge is 0.254 e. The summed E-state index contributed by atoms with van der Waals surface area (Å²) < 4.78 is 39.2. The molecule has 0 saturated carbocycles. The molecule has 1 aliphatic rings. The van der Waals surface area contributed by atoms with Crippen LogP contribution in [0.25, 0.3) is 0 Å². The highest BCUT2D eigenvalue weighted by molar-refractivity contribution is 5.97. The van der Waals surface area contributed by atoms with Gasteiger partial charge in [-0.3, -0.25) is 14.6 Å². The highest BCUT2D eigenvalue weighted by Gasteiger charge is 2.51. The maximum absolute atomic E-state index is 14.4. The normalized spacial score (nSPS) is 22.6. The number of halogens is 2. The highest BCUT2D eigenvalue weighted by atomic mass is 19.2. The Morgan fingerprint density at radius 1 is 1.23 bits per heavy atom. The van der Waals surface area contributed by atoms with Crippen LogP contribution in [-0.2, 0) is 9.53 Å². The van der Waals surface area contributed by atoms with E-state index in [2.05, 4.69) is 10.3 Å². The fourth-order valence-electron chi connectivity index (χ4n) is 3.78. The van der Waals surface area contributed by atoms with Crippen molar-refractivity contribution in [1.82, 2.24) is 4.98 Å². The maximum atomic E-state index is 14.4. The van der Waals surface area contributed by atoms with Crippen LogP contribution >= 0.6 is 0 Å². The van der Waals surface area contributed by atoms with Gasteiger partial charge in [0.1, 0.15) is 11.8 Å². The number of ketones is 1. The van der Waals surface area contributed by atoms with E-state index in [1.54, 1.807) is 6.07 Å². The third kappa shape index (κ3) is 3.92. The summed E-state index contributed by atoms with van der Waals surface area (Å²) in [7, 11) is 1.25. The Labute approximate surface area is 173 Å². The Morgan fingerprint density at radius 2 is 1.93 bits per heavy atom. The molecule has 3 atom stereocenters. The standard InChI is InChI=1S/C22H24F2N2O4/c1-11-17(14-6-7-15(23)18(24)19(14)29-5)20(30-22(11,3)4)21(28)26-13-8-9-25-16(10-13)12(2)27/h6-11,17,20H,1-5H3,(H,25,26,28)/t11-,17+,20-/m1/s1. The summed E-state index contributed by atoms with van der Waals surface area (Å²) in [5.41, 5.74) is 0.254. The average Bonchev–Trinajstić information content (AvgIpc) is 2.93. The number of nitrogens with zero attached hydrogens (tertiary/aromatic N) is 1. The second-order valence-electron chi connectivity index (χ2n) is 7.92. The Hall–Kier alpha value is -2.87. The second-order valence-corrected chi connectivity index (χ2v) is 7.92. The summed E-state index contributed by atoms with van der Waals surface area (Å²) in [5, 5.41) is 2.74. The molecular formula is C22H24F2N2O4. The van der Waals surface area contributed by atoms with Crippen molar-refractivity contribution in [2.24, 2.45) is 5.92 Å². The van der Waals surface area contributed by atoms with Crippen molar-refractivity contribution in [1.29, 1.82) is 0 Å². The average molecular weight is 418 g/mol. The first-order valence-electron chi connectivity index (χ1n) is 9.54. The van der Waals surface area contributed by atoms with Gasteiger partial charge in [0.25, 0.3) is 5.91 Å². The van der Waals surface area contributed by atoms with Gasteiger partial charge in [-0.15, -0.1) is 0 Å². The molecule has 0 bridgehead atoms. The van der Waals surface area contributed by atoms with Crippen LogP contribution in [-0.4, -0.2) is 35.5 Å². The van der Waals surface area contributed by atoms with Crippen LogP contribution < -0.4 is 10.1 Å². The van der Waals surface area contributed by atoms with E-state index in [-0.39, 0.29) is 23.1 Å². The van der Waals surface area contributed by atoms with E-state index in [4.69, 9.17) is 9.47 Å². The summed E-state index contributed by atoms with van der Waals surface area (Å²) in [6.07, 6.45) is 0.437. The summed E-state index contributed by atoms with van der Waals surface area (Å²) in [5.74, 6) is -3.88. The maximum Gasteiger partial charge on any atom is 0.254 e. The van der Waals surface area contributed by atoms with Crippen LogP contribution in [0.15, 0.2) is 30.5 Å². The van der Waals surface area contributed by atoms with E-state index < -0.39 is 35.2 Å². The lowest BCUT2D eigenvalue weighted by atomic mass is 9.78. The summed E-state index contributed by atoms with van der Waals surface area (Å²) in [6, 6.07) is 5.46. The number of ether oxygens (including phenoxy) is 2. The van der Waals surface area contributed by atoms with E-state index in [0.717, 1.165) is 6.07 Å². The molecular weight excluding hydrogens is 394 g/mol. The van der Waals surface area contributed by atoms with Gasteiger partial charge in [0.2, 0.25) is 5.82 Å². The Bertz CT molecular complexity index is 993. The molecule has 1 aromatic heterocycles. The number of hydrogen-bond acceptors (Lipinski definition) is 5. The number of hydrogen-bond donors (Lipinski definition) is 1. The molecule has 30 heavy (non-hydrogen) atoms. The lowest BCUT2D eigenvalue weighted by Gasteiger charge is -2.25. The zero-order valence-corrected chi connectivity index (χ0v) is 17.5. The number of methoxy groups -OCH3 is 1. The van der Waals surface area contributed by atoms with E-state index in [1.807, 2.05) is 20.8 Å². The van der Waals surface area contributed by atoms with Crippen LogP contribution in [0.3, 0.4) is 0 Å². The van der Waals surface area contributed by atoms with Gasteiger partial charge in [0, 0.05) is 30.3 Å². The molecule has 1 aliphatic heterocycles. The molecule has 6 nitrogen and oxygen atoms in total. The van der Waals surface area contributed by atoms with Gasteiger partial charge in [0.15, 0.2) is 17.3 Å². The minimum Gasteiger partial charge on any atom is -0.493 e. The number of rotatable bonds is 5. The quantitative estimate of drug-likeness (QED) is 0.740. The zero-order chi connectivity index (χ0) is 22.2. The molecule has 1 saturated heterocycles. The van der Waals surface area contributed by atoms with Gasteiger partial charge in [-0.25, -0.2) is 4.39 Å².